The largest absolute Gasteiger partial charge is 0.350 e. The van der Waals surface area contributed by atoms with Gasteiger partial charge >= 0.3 is 0 Å². The molecule has 1 amide bonds. The quantitative estimate of drug-likeness (QED) is 0.882. The number of hydrogen-bond donors (Lipinski definition) is 2. The standard InChI is InChI=1S/C17H19ClFN3O/c1-21-8-2-4-15(21)16-5-3-9-22(16)11-17(23)20-14-7-6-12(19)10-13(14)18/h2,4,6-8,10,16H,3,5,9,11H2,1H3,(H,20,23)/p+1/t16-/m0/s1. The Morgan fingerprint density at radius 2 is 2.30 bits per heavy atom. The van der Waals surface area contributed by atoms with Gasteiger partial charge in [0.15, 0.2) is 6.54 Å². The van der Waals surface area contributed by atoms with Crippen molar-refractivity contribution in [1.29, 1.82) is 0 Å². The lowest BCUT2D eigenvalue weighted by Gasteiger charge is -2.21. The molecule has 3 rings (SSSR count). The summed E-state index contributed by atoms with van der Waals surface area (Å²) in [4.78, 5) is 13.6. The molecule has 0 bridgehead atoms. The maximum atomic E-state index is 13.1. The van der Waals surface area contributed by atoms with Crippen LogP contribution in [0.5, 0.6) is 0 Å². The number of carbonyl (C=O) groups is 1. The molecule has 2 atom stereocenters. The van der Waals surface area contributed by atoms with E-state index >= 15 is 0 Å². The van der Waals surface area contributed by atoms with Crippen LogP contribution in [0.1, 0.15) is 24.6 Å². The van der Waals surface area contributed by atoms with Crippen molar-refractivity contribution in [3.05, 3.63) is 53.1 Å². The first-order valence-electron chi connectivity index (χ1n) is 7.75. The van der Waals surface area contributed by atoms with Gasteiger partial charge in [-0.3, -0.25) is 4.79 Å². The fourth-order valence-corrected chi connectivity index (χ4v) is 3.52. The van der Waals surface area contributed by atoms with E-state index < -0.39 is 5.82 Å². The Labute approximate surface area is 139 Å². The SMILES string of the molecule is Cn1cccc1[C@@H]1CCC[NH+]1CC(=O)Nc1ccc(F)cc1Cl. The molecular formula is C17H20ClFN3O+. The highest BCUT2D eigenvalue weighted by atomic mass is 35.5. The van der Waals surface area contributed by atoms with Crippen molar-refractivity contribution in [2.75, 3.05) is 18.4 Å². The lowest BCUT2D eigenvalue weighted by Crippen LogP contribution is -3.11. The van der Waals surface area contributed by atoms with Gasteiger partial charge in [-0.05, 0) is 30.3 Å². The molecule has 1 aromatic carbocycles. The van der Waals surface area contributed by atoms with E-state index in [9.17, 15) is 9.18 Å². The number of carbonyl (C=O) groups excluding carboxylic acids is 1. The third-order valence-corrected chi connectivity index (χ3v) is 4.73. The minimum atomic E-state index is -0.415. The predicted molar refractivity (Wildman–Crippen MR) is 88.1 cm³/mol. The van der Waals surface area contributed by atoms with Crippen LogP contribution in [-0.4, -0.2) is 23.6 Å². The van der Waals surface area contributed by atoms with Crippen molar-refractivity contribution in [2.24, 2.45) is 7.05 Å². The van der Waals surface area contributed by atoms with E-state index in [0.29, 0.717) is 18.3 Å². The van der Waals surface area contributed by atoms with E-state index in [1.807, 2.05) is 19.3 Å². The van der Waals surface area contributed by atoms with Crippen molar-refractivity contribution in [2.45, 2.75) is 18.9 Å². The Morgan fingerprint density at radius 3 is 3.00 bits per heavy atom. The third-order valence-electron chi connectivity index (χ3n) is 4.42. The zero-order valence-electron chi connectivity index (χ0n) is 13.0. The molecule has 0 saturated carbocycles. The molecular weight excluding hydrogens is 317 g/mol. The van der Waals surface area contributed by atoms with Gasteiger partial charge in [0.25, 0.3) is 5.91 Å². The highest BCUT2D eigenvalue weighted by molar-refractivity contribution is 6.33. The van der Waals surface area contributed by atoms with Crippen molar-refractivity contribution >= 4 is 23.2 Å². The summed E-state index contributed by atoms with van der Waals surface area (Å²) < 4.78 is 15.2. The summed E-state index contributed by atoms with van der Waals surface area (Å²) in [5.41, 5.74) is 1.71. The molecule has 0 aliphatic carbocycles. The third kappa shape index (κ3) is 3.57. The molecule has 1 fully saturated rings. The molecule has 4 nitrogen and oxygen atoms in total. The van der Waals surface area contributed by atoms with Crippen molar-refractivity contribution in [3.63, 3.8) is 0 Å². The van der Waals surface area contributed by atoms with Crippen molar-refractivity contribution in [1.82, 2.24) is 4.57 Å². The predicted octanol–water partition coefficient (Wildman–Crippen LogP) is 2.18. The van der Waals surface area contributed by atoms with Gasteiger partial charge in [-0.1, -0.05) is 11.6 Å². The molecule has 1 unspecified atom stereocenters. The van der Waals surface area contributed by atoms with Gasteiger partial charge in [0, 0.05) is 26.1 Å². The molecule has 23 heavy (non-hydrogen) atoms. The Balaban J connectivity index is 1.66. The lowest BCUT2D eigenvalue weighted by molar-refractivity contribution is -0.910. The Bertz CT molecular complexity index is 716. The van der Waals surface area contributed by atoms with E-state index in [-0.39, 0.29) is 10.9 Å². The molecule has 1 aromatic heterocycles. The monoisotopic (exact) mass is 336 g/mol. The topological polar surface area (TPSA) is 38.5 Å². The van der Waals surface area contributed by atoms with Gasteiger partial charge in [-0.25, -0.2) is 4.39 Å². The Kier molecular flexibility index (Phi) is 4.68. The van der Waals surface area contributed by atoms with Gasteiger partial charge in [-0.15, -0.1) is 0 Å². The Morgan fingerprint density at radius 1 is 1.48 bits per heavy atom. The fraction of sp³-hybridized carbons (Fsp3) is 0.353. The van der Waals surface area contributed by atoms with Crippen LogP contribution in [0, 0.1) is 5.82 Å². The van der Waals surface area contributed by atoms with Gasteiger partial charge in [0.1, 0.15) is 11.9 Å². The summed E-state index contributed by atoms with van der Waals surface area (Å²) in [6.45, 7) is 1.35. The number of quaternary nitrogens is 1. The van der Waals surface area contributed by atoms with Crippen LogP contribution >= 0.6 is 11.6 Å². The zero-order chi connectivity index (χ0) is 16.4. The number of halogens is 2. The molecule has 2 heterocycles. The smallest absolute Gasteiger partial charge is 0.279 e. The van der Waals surface area contributed by atoms with Crippen molar-refractivity contribution in [3.8, 4) is 0 Å². The molecule has 122 valence electrons. The van der Waals surface area contributed by atoms with E-state index in [1.54, 1.807) is 0 Å². The van der Waals surface area contributed by atoms with E-state index in [0.717, 1.165) is 19.4 Å². The van der Waals surface area contributed by atoms with Crippen LogP contribution in [0.25, 0.3) is 0 Å². The molecule has 0 spiro atoms. The average Bonchev–Trinajstić information content (AvgIpc) is 3.10. The second-order valence-corrected chi connectivity index (χ2v) is 6.40. The summed E-state index contributed by atoms with van der Waals surface area (Å²) >= 11 is 5.96. The van der Waals surface area contributed by atoms with Gasteiger partial charge < -0.3 is 14.8 Å². The minimum absolute atomic E-state index is 0.102. The number of nitrogens with zero attached hydrogens (tertiary/aromatic N) is 1. The minimum Gasteiger partial charge on any atom is -0.350 e. The summed E-state index contributed by atoms with van der Waals surface area (Å²) in [6.07, 6.45) is 4.22. The van der Waals surface area contributed by atoms with Crippen LogP contribution in [0.2, 0.25) is 5.02 Å². The molecule has 2 N–H and O–H groups in total. The summed E-state index contributed by atoms with van der Waals surface area (Å²) in [7, 11) is 2.03. The van der Waals surface area contributed by atoms with Crippen LogP contribution < -0.4 is 10.2 Å². The van der Waals surface area contributed by atoms with Crippen LogP contribution in [0.15, 0.2) is 36.5 Å². The molecule has 2 aromatic rings. The lowest BCUT2D eigenvalue weighted by atomic mass is 10.1. The van der Waals surface area contributed by atoms with E-state index in [1.165, 1.54) is 28.8 Å². The first kappa shape index (κ1) is 16.0. The summed E-state index contributed by atoms with van der Waals surface area (Å²) in [5, 5.41) is 3.00. The first-order valence-corrected chi connectivity index (χ1v) is 8.13. The fourth-order valence-electron chi connectivity index (χ4n) is 3.31. The second-order valence-electron chi connectivity index (χ2n) is 6.00. The highest BCUT2D eigenvalue weighted by Gasteiger charge is 2.33. The summed E-state index contributed by atoms with van der Waals surface area (Å²) in [6, 6.07) is 8.46. The number of rotatable bonds is 4. The van der Waals surface area contributed by atoms with Crippen molar-refractivity contribution < 1.29 is 14.1 Å². The van der Waals surface area contributed by atoms with Crippen LogP contribution in [0.4, 0.5) is 10.1 Å². The van der Waals surface area contributed by atoms with Gasteiger partial charge in [-0.2, -0.15) is 0 Å². The number of anilines is 1. The average molecular weight is 337 g/mol. The Hall–Kier alpha value is -1.85. The molecule has 1 aliphatic rings. The van der Waals surface area contributed by atoms with E-state index in [2.05, 4.69) is 16.0 Å². The maximum absolute atomic E-state index is 13.1. The van der Waals surface area contributed by atoms with Gasteiger partial charge in [0.05, 0.1) is 22.9 Å². The number of aromatic nitrogens is 1. The zero-order valence-corrected chi connectivity index (χ0v) is 13.7. The maximum Gasteiger partial charge on any atom is 0.279 e. The normalized spacial score (nSPS) is 20.7. The molecule has 0 radical (unpaired) electrons. The number of likely N-dealkylation sites (tertiary alicyclic amines) is 1. The van der Waals surface area contributed by atoms with Gasteiger partial charge in [0.2, 0.25) is 0 Å². The molecule has 6 heteroatoms. The number of nitrogens with one attached hydrogen (secondary N) is 2. The molecule has 1 aliphatic heterocycles. The second kappa shape index (κ2) is 6.72. The van der Waals surface area contributed by atoms with Crippen LogP contribution in [0.3, 0.4) is 0 Å². The van der Waals surface area contributed by atoms with E-state index in [4.69, 9.17) is 11.6 Å². The number of aryl methyl sites for hydroxylation is 1. The number of amides is 1. The molecule has 1 saturated heterocycles. The van der Waals surface area contributed by atoms with Crippen LogP contribution in [-0.2, 0) is 11.8 Å². The summed E-state index contributed by atoms with van der Waals surface area (Å²) in [5.74, 6) is -0.517. The number of benzene rings is 1. The highest BCUT2D eigenvalue weighted by Crippen LogP contribution is 2.22. The first-order chi connectivity index (χ1) is 11.0. The number of hydrogen-bond acceptors (Lipinski definition) is 1.